The van der Waals surface area contributed by atoms with E-state index in [0.717, 1.165) is 37.1 Å². The SMILES string of the molecule is Cc1cnc(Nc2cc(Cl)c(Br)c(CO)c2)nc1N[C@@H]1CCCC[C@H]1C#N. The summed E-state index contributed by atoms with van der Waals surface area (Å²) in [5, 5.41) is 25.9. The predicted octanol–water partition coefficient (Wildman–Crippen LogP) is 4.93. The maximum absolute atomic E-state index is 9.46. The number of aliphatic hydroxyl groups excluding tert-OH is 1. The minimum Gasteiger partial charge on any atom is -0.392 e. The van der Waals surface area contributed by atoms with Crippen molar-refractivity contribution in [3.8, 4) is 6.07 Å². The van der Waals surface area contributed by atoms with Crippen LogP contribution in [-0.2, 0) is 6.61 Å². The molecule has 0 amide bonds. The third-order valence-corrected chi connectivity index (χ3v) is 6.22. The van der Waals surface area contributed by atoms with Gasteiger partial charge in [-0.25, -0.2) is 4.98 Å². The van der Waals surface area contributed by atoms with Gasteiger partial charge >= 0.3 is 0 Å². The zero-order chi connectivity index (χ0) is 19.4. The Balaban J connectivity index is 1.81. The van der Waals surface area contributed by atoms with Crippen LogP contribution < -0.4 is 10.6 Å². The smallest absolute Gasteiger partial charge is 0.229 e. The van der Waals surface area contributed by atoms with Gasteiger partial charge in [-0.1, -0.05) is 24.4 Å². The fourth-order valence-corrected chi connectivity index (χ4v) is 3.84. The molecule has 27 heavy (non-hydrogen) atoms. The maximum Gasteiger partial charge on any atom is 0.229 e. The first kappa shape index (κ1) is 19.9. The highest BCUT2D eigenvalue weighted by Gasteiger charge is 2.25. The predicted molar refractivity (Wildman–Crippen MR) is 110 cm³/mol. The molecule has 1 aliphatic rings. The van der Waals surface area contributed by atoms with Crippen LogP contribution in [0, 0.1) is 24.2 Å². The fraction of sp³-hybridized carbons (Fsp3) is 0.421. The Hall–Kier alpha value is -1.88. The molecule has 0 spiro atoms. The number of nitrogens with zero attached hydrogens (tertiary/aromatic N) is 3. The second kappa shape index (κ2) is 8.87. The first-order valence-electron chi connectivity index (χ1n) is 8.87. The number of anilines is 3. The van der Waals surface area contributed by atoms with Gasteiger partial charge in [-0.15, -0.1) is 0 Å². The average molecular weight is 451 g/mol. The zero-order valence-electron chi connectivity index (χ0n) is 15.0. The third kappa shape index (κ3) is 4.70. The maximum atomic E-state index is 9.46. The average Bonchev–Trinajstić information content (AvgIpc) is 2.67. The van der Waals surface area contributed by atoms with E-state index in [-0.39, 0.29) is 18.6 Å². The van der Waals surface area contributed by atoms with Crippen LogP contribution >= 0.6 is 27.5 Å². The highest BCUT2D eigenvalue weighted by Crippen LogP contribution is 2.32. The molecule has 0 bridgehead atoms. The van der Waals surface area contributed by atoms with Gasteiger partial charge in [0.25, 0.3) is 0 Å². The summed E-state index contributed by atoms with van der Waals surface area (Å²) in [5.41, 5.74) is 2.29. The lowest BCUT2D eigenvalue weighted by Gasteiger charge is -2.28. The van der Waals surface area contributed by atoms with Crippen molar-refractivity contribution in [2.75, 3.05) is 10.6 Å². The fourth-order valence-electron chi connectivity index (χ4n) is 3.24. The van der Waals surface area contributed by atoms with Crippen molar-refractivity contribution in [2.45, 2.75) is 45.3 Å². The molecule has 8 heteroatoms. The van der Waals surface area contributed by atoms with E-state index in [9.17, 15) is 10.4 Å². The van der Waals surface area contributed by atoms with Crippen molar-refractivity contribution < 1.29 is 5.11 Å². The Bertz CT molecular complexity index is 870. The van der Waals surface area contributed by atoms with E-state index >= 15 is 0 Å². The molecule has 1 fully saturated rings. The molecule has 0 saturated heterocycles. The van der Waals surface area contributed by atoms with E-state index in [1.54, 1.807) is 18.3 Å². The summed E-state index contributed by atoms with van der Waals surface area (Å²) in [5.74, 6) is 1.15. The van der Waals surface area contributed by atoms with E-state index in [4.69, 9.17) is 11.6 Å². The van der Waals surface area contributed by atoms with Gasteiger partial charge in [-0.3, -0.25) is 0 Å². The molecular formula is C19H21BrClN5O. The van der Waals surface area contributed by atoms with Gasteiger partial charge in [-0.2, -0.15) is 10.2 Å². The molecule has 0 unspecified atom stereocenters. The van der Waals surface area contributed by atoms with Crippen LogP contribution in [0.4, 0.5) is 17.5 Å². The molecule has 2 atom stereocenters. The summed E-state index contributed by atoms with van der Waals surface area (Å²) in [7, 11) is 0. The second-order valence-corrected chi connectivity index (χ2v) is 7.91. The third-order valence-electron chi connectivity index (χ3n) is 4.76. The van der Waals surface area contributed by atoms with Crippen molar-refractivity contribution in [1.29, 1.82) is 5.26 Å². The number of rotatable bonds is 5. The minimum absolute atomic E-state index is 0.00178. The van der Waals surface area contributed by atoms with Crippen molar-refractivity contribution in [3.63, 3.8) is 0 Å². The van der Waals surface area contributed by atoms with Crippen LogP contribution in [0.5, 0.6) is 0 Å². The first-order chi connectivity index (χ1) is 13.0. The van der Waals surface area contributed by atoms with Crippen LogP contribution in [0.15, 0.2) is 22.8 Å². The molecule has 6 nitrogen and oxygen atoms in total. The lowest BCUT2D eigenvalue weighted by atomic mass is 9.85. The zero-order valence-corrected chi connectivity index (χ0v) is 17.3. The number of nitrogens with one attached hydrogen (secondary N) is 2. The lowest BCUT2D eigenvalue weighted by Crippen LogP contribution is -2.32. The van der Waals surface area contributed by atoms with Gasteiger partial charge in [-0.05, 0) is 53.4 Å². The van der Waals surface area contributed by atoms with Crippen LogP contribution in [0.25, 0.3) is 0 Å². The van der Waals surface area contributed by atoms with E-state index in [1.807, 2.05) is 6.92 Å². The van der Waals surface area contributed by atoms with Crippen LogP contribution in [0.3, 0.4) is 0 Å². The molecule has 1 aromatic heterocycles. The number of nitriles is 1. The van der Waals surface area contributed by atoms with Gasteiger partial charge in [0.2, 0.25) is 5.95 Å². The van der Waals surface area contributed by atoms with Crippen LogP contribution in [0.2, 0.25) is 5.02 Å². The Morgan fingerprint density at radius 2 is 2.15 bits per heavy atom. The van der Waals surface area contributed by atoms with Crippen molar-refractivity contribution >= 4 is 45.0 Å². The number of aromatic nitrogens is 2. The molecule has 0 radical (unpaired) electrons. The number of benzene rings is 1. The standard InChI is InChI=1S/C19H21BrClN5O/c1-11-9-23-19(24-14-6-13(10-27)17(20)15(21)7-14)26-18(11)25-16-5-3-2-4-12(16)8-22/h6-7,9,12,16,27H,2-5,10H2,1H3,(H2,23,24,25,26)/t12-,16+/m0/s1. The van der Waals surface area contributed by atoms with Gasteiger partial charge in [0.05, 0.1) is 23.6 Å². The monoisotopic (exact) mass is 449 g/mol. The number of aryl methyl sites for hydroxylation is 1. The molecule has 1 aliphatic carbocycles. The van der Waals surface area contributed by atoms with Gasteiger partial charge < -0.3 is 15.7 Å². The molecule has 3 rings (SSSR count). The Morgan fingerprint density at radius 1 is 1.37 bits per heavy atom. The highest BCUT2D eigenvalue weighted by molar-refractivity contribution is 9.10. The van der Waals surface area contributed by atoms with E-state index in [1.165, 1.54) is 0 Å². The van der Waals surface area contributed by atoms with Crippen molar-refractivity contribution in [1.82, 2.24) is 9.97 Å². The van der Waals surface area contributed by atoms with Crippen LogP contribution in [-0.4, -0.2) is 21.1 Å². The largest absolute Gasteiger partial charge is 0.392 e. The first-order valence-corrected chi connectivity index (χ1v) is 10.0. The number of aliphatic hydroxyl groups is 1. The summed E-state index contributed by atoms with van der Waals surface area (Å²) in [4.78, 5) is 8.91. The van der Waals surface area contributed by atoms with Crippen LogP contribution in [0.1, 0.15) is 36.8 Å². The molecule has 3 N–H and O–H groups in total. The normalized spacial score (nSPS) is 19.4. The topological polar surface area (TPSA) is 93.9 Å². The van der Waals surface area contributed by atoms with Gasteiger partial charge in [0, 0.05) is 28.0 Å². The molecule has 142 valence electrons. The minimum atomic E-state index is -0.130. The number of hydrogen-bond acceptors (Lipinski definition) is 6. The summed E-state index contributed by atoms with van der Waals surface area (Å²) < 4.78 is 0.671. The summed E-state index contributed by atoms with van der Waals surface area (Å²) in [6.07, 6.45) is 5.85. The quantitative estimate of drug-likeness (QED) is 0.598. The van der Waals surface area contributed by atoms with Gasteiger partial charge in [0.1, 0.15) is 5.82 Å². The molecule has 0 aliphatic heterocycles. The van der Waals surface area contributed by atoms with E-state index in [0.29, 0.717) is 26.7 Å². The second-order valence-electron chi connectivity index (χ2n) is 6.71. The van der Waals surface area contributed by atoms with Gasteiger partial charge in [0.15, 0.2) is 0 Å². The lowest BCUT2D eigenvalue weighted by molar-refractivity contribution is 0.281. The Morgan fingerprint density at radius 3 is 2.89 bits per heavy atom. The van der Waals surface area contributed by atoms with E-state index < -0.39 is 0 Å². The molecule has 1 saturated carbocycles. The van der Waals surface area contributed by atoms with E-state index in [2.05, 4.69) is 42.6 Å². The summed E-state index contributed by atoms with van der Waals surface area (Å²) in [6, 6.07) is 6.05. The molecule has 1 heterocycles. The Labute approximate surface area is 172 Å². The van der Waals surface area contributed by atoms with Crippen molar-refractivity contribution in [3.05, 3.63) is 39.0 Å². The molecule has 1 aromatic carbocycles. The molecular weight excluding hydrogens is 430 g/mol. The van der Waals surface area contributed by atoms with Crippen molar-refractivity contribution in [2.24, 2.45) is 5.92 Å². The Kier molecular flexibility index (Phi) is 6.53. The molecule has 2 aromatic rings. The highest BCUT2D eigenvalue weighted by atomic mass is 79.9. The summed E-state index contributed by atoms with van der Waals surface area (Å²) >= 11 is 9.56. The number of halogens is 2. The summed E-state index contributed by atoms with van der Waals surface area (Å²) in [6.45, 7) is 1.81. The number of hydrogen-bond donors (Lipinski definition) is 3.